The van der Waals surface area contributed by atoms with E-state index in [0.717, 1.165) is 6.42 Å². The molecule has 0 aromatic heterocycles. The maximum atomic E-state index is 12.7. The van der Waals surface area contributed by atoms with Gasteiger partial charge in [-0.05, 0) is 25.5 Å². The number of nitrogens with zero attached hydrogens (tertiary/aromatic N) is 3. The highest BCUT2D eigenvalue weighted by atomic mass is 16.5. The van der Waals surface area contributed by atoms with Crippen LogP contribution in [-0.4, -0.2) is 66.9 Å². The first kappa shape index (κ1) is 17.3. The summed E-state index contributed by atoms with van der Waals surface area (Å²) in [6, 6.07) is 6.83. The number of methoxy groups -OCH3 is 1. The van der Waals surface area contributed by atoms with Crippen LogP contribution in [0.5, 0.6) is 5.75 Å². The van der Waals surface area contributed by atoms with Crippen LogP contribution in [0.25, 0.3) is 0 Å². The lowest BCUT2D eigenvalue weighted by atomic mass is 10.2. The number of benzene rings is 1. The van der Waals surface area contributed by atoms with Crippen LogP contribution in [0.1, 0.15) is 19.8 Å². The van der Waals surface area contributed by atoms with Gasteiger partial charge in [-0.1, -0.05) is 12.1 Å². The van der Waals surface area contributed by atoms with Crippen molar-refractivity contribution < 1.29 is 19.1 Å². The summed E-state index contributed by atoms with van der Waals surface area (Å²) in [5.74, 6) is 0.332. The van der Waals surface area contributed by atoms with Crippen molar-refractivity contribution >= 4 is 23.4 Å². The maximum Gasteiger partial charge on any atom is 0.246 e. The molecule has 0 saturated carbocycles. The summed E-state index contributed by atoms with van der Waals surface area (Å²) >= 11 is 0. The summed E-state index contributed by atoms with van der Waals surface area (Å²) in [5, 5.41) is 0. The first-order valence-electron chi connectivity index (χ1n) is 8.54. The van der Waals surface area contributed by atoms with Crippen LogP contribution >= 0.6 is 0 Å². The summed E-state index contributed by atoms with van der Waals surface area (Å²) in [5.41, 5.74) is 0.713. The van der Waals surface area contributed by atoms with Gasteiger partial charge in [0.1, 0.15) is 18.3 Å². The molecule has 0 bridgehead atoms. The van der Waals surface area contributed by atoms with Gasteiger partial charge in [-0.25, -0.2) is 0 Å². The monoisotopic (exact) mass is 345 g/mol. The number of carbonyl (C=O) groups excluding carboxylic acids is 3. The molecule has 1 aromatic carbocycles. The molecule has 134 valence electrons. The average molecular weight is 345 g/mol. The Kier molecular flexibility index (Phi) is 4.92. The van der Waals surface area contributed by atoms with Gasteiger partial charge >= 0.3 is 0 Å². The molecular formula is C18H23N3O4. The lowest BCUT2D eigenvalue weighted by molar-refractivity contribution is -0.145. The van der Waals surface area contributed by atoms with Gasteiger partial charge in [-0.3, -0.25) is 14.4 Å². The van der Waals surface area contributed by atoms with E-state index < -0.39 is 6.04 Å². The third kappa shape index (κ3) is 3.31. The van der Waals surface area contributed by atoms with Crippen molar-refractivity contribution in [2.24, 2.45) is 0 Å². The lowest BCUT2D eigenvalue weighted by Gasteiger charge is -2.37. The number of anilines is 1. The van der Waals surface area contributed by atoms with E-state index in [2.05, 4.69) is 0 Å². The van der Waals surface area contributed by atoms with E-state index in [9.17, 15) is 14.4 Å². The van der Waals surface area contributed by atoms with Gasteiger partial charge in [0.2, 0.25) is 17.7 Å². The van der Waals surface area contributed by atoms with Crippen LogP contribution in [0.3, 0.4) is 0 Å². The molecule has 1 aromatic rings. The second kappa shape index (κ2) is 7.13. The van der Waals surface area contributed by atoms with E-state index in [0.29, 0.717) is 37.5 Å². The summed E-state index contributed by atoms with van der Waals surface area (Å²) in [7, 11) is 1.57. The fourth-order valence-corrected chi connectivity index (χ4v) is 3.44. The predicted octanol–water partition coefficient (Wildman–Crippen LogP) is 0.881. The van der Waals surface area contributed by atoms with Crippen LogP contribution in [0.15, 0.2) is 24.3 Å². The van der Waals surface area contributed by atoms with Crippen LogP contribution in [-0.2, 0) is 14.4 Å². The highest BCUT2D eigenvalue weighted by molar-refractivity contribution is 6.00. The number of ether oxygens (including phenoxy) is 1. The number of likely N-dealkylation sites (tertiary alicyclic amines) is 1. The van der Waals surface area contributed by atoms with E-state index in [4.69, 9.17) is 4.74 Å². The second-order valence-electron chi connectivity index (χ2n) is 6.34. The molecule has 0 N–H and O–H groups in total. The second-order valence-corrected chi connectivity index (χ2v) is 6.34. The lowest BCUT2D eigenvalue weighted by Crippen LogP contribution is -2.56. The smallest absolute Gasteiger partial charge is 0.246 e. The van der Waals surface area contributed by atoms with Crippen molar-refractivity contribution in [1.82, 2.24) is 9.80 Å². The molecule has 3 amide bonds. The topological polar surface area (TPSA) is 70.2 Å². The molecule has 2 aliphatic heterocycles. The normalized spacial score (nSPS) is 19.4. The fraction of sp³-hybridized carbons (Fsp3) is 0.500. The number of rotatable bonds is 4. The summed E-state index contributed by atoms with van der Waals surface area (Å²) < 4.78 is 5.32. The minimum Gasteiger partial charge on any atom is -0.495 e. The highest BCUT2D eigenvalue weighted by Crippen LogP contribution is 2.29. The molecule has 2 saturated heterocycles. The molecule has 7 nitrogen and oxygen atoms in total. The van der Waals surface area contributed by atoms with Crippen molar-refractivity contribution in [1.29, 1.82) is 0 Å². The van der Waals surface area contributed by atoms with Crippen molar-refractivity contribution in [2.45, 2.75) is 25.8 Å². The van der Waals surface area contributed by atoms with E-state index in [1.165, 1.54) is 0 Å². The van der Waals surface area contributed by atoms with Crippen LogP contribution in [0, 0.1) is 0 Å². The number of hydrogen-bond acceptors (Lipinski definition) is 4. The highest BCUT2D eigenvalue weighted by Gasteiger charge is 2.35. The van der Waals surface area contributed by atoms with Gasteiger partial charge in [0.25, 0.3) is 0 Å². The average Bonchev–Trinajstić information content (AvgIpc) is 3.06. The molecule has 0 aliphatic carbocycles. The molecular weight excluding hydrogens is 322 g/mol. The maximum absolute atomic E-state index is 12.7. The molecule has 2 aliphatic rings. The molecule has 0 unspecified atom stereocenters. The van der Waals surface area contributed by atoms with Crippen molar-refractivity contribution in [3.63, 3.8) is 0 Å². The number of para-hydroxylation sites is 2. The van der Waals surface area contributed by atoms with Crippen LogP contribution in [0.4, 0.5) is 5.69 Å². The zero-order valence-corrected chi connectivity index (χ0v) is 14.6. The van der Waals surface area contributed by atoms with Gasteiger partial charge in [0.15, 0.2) is 0 Å². The molecule has 1 atom stereocenters. The minimum absolute atomic E-state index is 0.0137. The Labute approximate surface area is 147 Å². The molecule has 2 heterocycles. The fourth-order valence-electron chi connectivity index (χ4n) is 3.44. The largest absolute Gasteiger partial charge is 0.495 e. The molecule has 0 radical (unpaired) electrons. The minimum atomic E-state index is -0.513. The number of carbonyl (C=O) groups is 3. The van der Waals surface area contributed by atoms with Crippen LogP contribution < -0.4 is 9.64 Å². The van der Waals surface area contributed by atoms with Gasteiger partial charge in [-0.2, -0.15) is 0 Å². The van der Waals surface area contributed by atoms with Gasteiger partial charge in [0, 0.05) is 26.1 Å². The molecule has 3 rings (SSSR count). The zero-order valence-electron chi connectivity index (χ0n) is 14.6. The first-order chi connectivity index (χ1) is 12.0. The van der Waals surface area contributed by atoms with Crippen molar-refractivity contribution in [3.8, 4) is 5.75 Å². The number of amides is 3. The predicted molar refractivity (Wildman–Crippen MR) is 92.3 cm³/mol. The Morgan fingerprint density at radius 3 is 2.52 bits per heavy atom. The number of piperazine rings is 1. The Bertz CT molecular complexity index is 691. The number of hydrogen-bond donors (Lipinski definition) is 0. The van der Waals surface area contributed by atoms with E-state index >= 15 is 0 Å². The Morgan fingerprint density at radius 2 is 1.88 bits per heavy atom. The van der Waals surface area contributed by atoms with E-state index in [-0.39, 0.29) is 24.3 Å². The van der Waals surface area contributed by atoms with Crippen LogP contribution in [0.2, 0.25) is 0 Å². The van der Waals surface area contributed by atoms with Crippen molar-refractivity contribution in [3.05, 3.63) is 24.3 Å². The van der Waals surface area contributed by atoms with E-state index in [1.807, 2.05) is 18.2 Å². The Morgan fingerprint density at radius 1 is 1.12 bits per heavy atom. The first-order valence-corrected chi connectivity index (χ1v) is 8.54. The zero-order chi connectivity index (χ0) is 18.0. The molecule has 25 heavy (non-hydrogen) atoms. The summed E-state index contributed by atoms with van der Waals surface area (Å²) in [6.45, 7) is 3.22. The standard InChI is InChI=1S/C18H23N3O4/c1-13(20-9-5-8-16(20)22)18(24)19-10-11-21(17(23)12-19)14-6-3-4-7-15(14)25-2/h3-4,6-7,13H,5,8-12H2,1-2H3/t13-/m1/s1. The summed E-state index contributed by atoms with van der Waals surface area (Å²) in [4.78, 5) is 41.9. The quantitative estimate of drug-likeness (QED) is 0.812. The Hall–Kier alpha value is -2.57. The van der Waals surface area contributed by atoms with Gasteiger partial charge in [-0.15, -0.1) is 0 Å². The molecule has 0 spiro atoms. The van der Waals surface area contributed by atoms with Gasteiger partial charge < -0.3 is 19.4 Å². The third-order valence-corrected chi connectivity index (χ3v) is 4.84. The third-order valence-electron chi connectivity index (χ3n) is 4.84. The molecule has 2 fully saturated rings. The SMILES string of the molecule is COc1ccccc1N1CCN(C(=O)[C@@H](C)N2CCCC2=O)CC1=O. The van der Waals surface area contributed by atoms with Crippen molar-refractivity contribution in [2.75, 3.05) is 38.2 Å². The summed E-state index contributed by atoms with van der Waals surface area (Å²) in [6.07, 6.45) is 1.29. The van der Waals surface area contributed by atoms with E-state index in [1.54, 1.807) is 34.8 Å². The molecule has 7 heteroatoms. The van der Waals surface area contributed by atoms with Gasteiger partial charge in [0.05, 0.1) is 12.8 Å². The Balaban J connectivity index is 1.68.